The Morgan fingerprint density at radius 2 is 1.79 bits per heavy atom. The summed E-state index contributed by atoms with van der Waals surface area (Å²) in [6, 6.07) is 17.4. The largest absolute Gasteiger partial charge is 0.468 e. The van der Waals surface area contributed by atoms with Crippen LogP contribution in [0.25, 0.3) is 10.9 Å². The van der Waals surface area contributed by atoms with Gasteiger partial charge in [0.1, 0.15) is 6.54 Å². The molecule has 1 amide bonds. The molecule has 0 N–H and O–H groups in total. The van der Waals surface area contributed by atoms with Crippen LogP contribution in [-0.4, -0.2) is 35.3 Å². The van der Waals surface area contributed by atoms with Gasteiger partial charge < -0.3 is 9.30 Å². The van der Waals surface area contributed by atoms with Crippen LogP contribution in [-0.2, 0) is 32.1 Å². The summed E-state index contributed by atoms with van der Waals surface area (Å²) in [5.41, 5.74) is 3.55. The zero-order valence-electron chi connectivity index (χ0n) is 16.2. The molecule has 0 atom stereocenters. The van der Waals surface area contributed by atoms with Crippen molar-refractivity contribution in [2.75, 3.05) is 18.6 Å². The molecule has 3 rings (SSSR count). The summed E-state index contributed by atoms with van der Waals surface area (Å²) >= 11 is 5.43. The third kappa shape index (κ3) is 4.32. The number of nitrogens with zero attached hydrogens (tertiary/aromatic N) is 2. The third-order valence-electron chi connectivity index (χ3n) is 4.77. The van der Waals surface area contributed by atoms with Gasteiger partial charge in [0.15, 0.2) is 0 Å². The summed E-state index contributed by atoms with van der Waals surface area (Å²) in [6.07, 6.45) is 0.778. The maximum absolute atomic E-state index is 12.4. The summed E-state index contributed by atoms with van der Waals surface area (Å²) in [5.74, 6) is -1.62. The smallest absolute Gasteiger partial charge is 0.325 e. The number of amides is 1. The number of fused-ring (bicyclic) bond motifs is 1. The van der Waals surface area contributed by atoms with Gasteiger partial charge in [-0.2, -0.15) is 0 Å². The normalized spacial score (nSPS) is 10.7. The molecule has 1 heterocycles. The van der Waals surface area contributed by atoms with Crippen molar-refractivity contribution in [1.29, 1.82) is 0 Å². The molecule has 0 aliphatic rings. The highest BCUT2D eigenvalue weighted by Crippen LogP contribution is 2.31. The first kappa shape index (κ1) is 20.6. The zero-order valence-corrected chi connectivity index (χ0v) is 17.0. The number of carbonyl (C=O) groups is 3. The quantitative estimate of drug-likeness (QED) is 0.338. The molecule has 0 fully saturated rings. The van der Waals surface area contributed by atoms with E-state index >= 15 is 0 Å². The van der Waals surface area contributed by atoms with Crippen LogP contribution in [0.3, 0.4) is 0 Å². The molecule has 2 aromatic carbocycles. The minimum Gasteiger partial charge on any atom is -0.468 e. The molecule has 0 spiro atoms. The number of hydrogen-bond donors (Lipinski definition) is 0. The lowest BCUT2D eigenvalue weighted by molar-refractivity contribution is -0.140. The van der Waals surface area contributed by atoms with Gasteiger partial charge in [0, 0.05) is 17.6 Å². The van der Waals surface area contributed by atoms with E-state index in [1.165, 1.54) is 7.11 Å². The lowest BCUT2D eigenvalue weighted by Gasteiger charge is -2.21. The Morgan fingerprint density at radius 3 is 2.41 bits per heavy atom. The first-order chi connectivity index (χ1) is 14.0. The first-order valence-electron chi connectivity index (χ1n) is 9.19. The molecular weight excluding hydrogens is 392 g/mol. The van der Waals surface area contributed by atoms with E-state index in [0.717, 1.165) is 33.5 Å². The Labute approximate surface area is 173 Å². The summed E-state index contributed by atoms with van der Waals surface area (Å²) < 4.78 is 6.85. The average Bonchev–Trinajstić information content (AvgIpc) is 3.09. The Balaban J connectivity index is 2.14. The number of aryl methyl sites for hydroxylation is 1. The maximum atomic E-state index is 12.4. The van der Waals surface area contributed by atoms with Gasteiger partial charge in [0.25, 0.3) is 0 Å². The van der Waals surface area contributed by atoms with Crippen molar-refractivity contribution >= 4 is 45.3 Å². The number of halogens is 1. The molecular formula is C22H21ClN2O4. The van der Waals surface area contributed by atoms with E-state index in [0.29, 0.717) is 12.2 Å². The van der Waals surface area contributed by atoms with Crippen molar-refractivity contribution in [2.45, 2.75) is 19.9 Å². The number of rotatable bonds is 7. The first-order valence-corrected chi connectivity index (χ1v) is 9.57. The van der Waals surface area contributed by atoms with Crippen LogP contribution in [0, 0.1) is 0 Å². The number of ether oxygens (including phenoxy) is 1. The molecule has 0 radical (unpaired) electrons. The van der Waals surface area contributed by atoms with Gasteiger partial charge in [-0.05, 0) is 41.8 Å². The molecule has 0 bridgehead atoms. The lowest BCUT2D eigenvalue weighted by atomic mass is 10.1. The number of methoxy groups -OCH3 is 1. The van der Waals surface area contributed by atoms with Crippen LogP contribution < -0.4 is 4.90 Å². The minimum atomic E-state index is -1.16. The minimum absolute atomic E-state index is 0.405. The molecule has 0 aliphatic heterocycles. The monoisotopic (exact) mass is 412 g/mol. The van der Waals surface area contributed by atoms with Gasteiger partial charge in [-0.1, -0.05) is 43.3 Å². The predicted molar refractivity (Wildman–Crippen MR) is 112 cm³/mol. The van der Waals surface area contributed by atoms with Gasteiger partial charge in [-0.15, -0.1) is 0 Å². The van der Waals surface area contributed by atoms with Crippen LogP contribution in [0.1, 0.15) is 18.2 Å². The molecule has 7 heteroatoms. The summed E-state index contributed by atoms with van der Waals surface area (Å²) in [6.45, 7) is 2.31. The molecule has 150 valence electrons. The fourth-order valence-corrected chi connectivity index (χ4v) is 3.47. The van der Waals surface area contributed by atoms with E-state index in [-0.39, 0.29) is 0 Å². The summed E-state index contributed by atoms with van der Waals surface area (Å²) in [4.78, 5) is 36.9. The summed E-state index contributed by atoms with van der Waals surface area (Å²) in [5, 5.41) is -0.402. The van der Waals surface area contributed by atoms with Gasteiger partial charge in [-0.25, -0.2) is 0 Å². The van der Waals surface area contributed by atoms with E-state index < -0.39 is 23.7 Å². The standard InChI is InChI=1S/C22H21ClN2O4/c1-3-16-12-17-18(24(16)13-15-8-5-4-6-9-15)10-7-11-19(17)25(14-20(26)29-2)22(28)21(23)27/h4-12H,3,13-14H2,1-2H3. The van der Waals surface area contributed by atoms with Crippen molar-refractivity contribution in [3.63, 3.8) is 0 Å². The van der Waals surface area contributed by atoms with Gasteiger partial charge in [-0.3, -0.25) is 19.3 Å². The Kier molecular flexibility index (Phi) is 6.34. The number of carbonyl (C=O) groups excluding carboxylic acids is 3. The topological polar surface area (TPSA) is 68.6 Å². The molecule has 29 heavy (non-hydrogen) atoms. The second-order valence-corrected chi connectivity index (χ2v) is 6.86. The SMILES string of the molecule is CCc1cc2c(N(CC(=O)OC)C(=O)C(=O)Cl)cccc2n1Cc1ccccc1. The molecule has 6 nitrogen and oxygen atoms in total. The van der Waals surface area contributed by atoms with Crippen LogP contribution in [0.5, 0.6) is 0 Å². The van der Waals surface area contributed by atoms with Crippen molar-refractivity contribution < 1.29 is 19.1 Å². The zero-order chi connectivity index (χ0) is 21.0. The van der Waals surface area contributed by atoms with Crippen LogP contribution in [0.2, 0.25) is 0 Å². The number of esters is 1. The van der Waals surface area contributed by atoms with Crippen LogP contribution in [0.4, 0.5) is 5.69 Å². The van der Waals surface area contributed by atoms with Crippen LogP contribution in [0.15, 0.2) is 54.6 Å². The lowest BCUT2D eigenvalue weighted by Crippen LogP contribution is -2.39. The molecule has 0 saturated carbocycles. The predicted octanol–water partition coefficient (Wildman–Crippen LogP) is 3.52. The molecule has 0 unspecified atom stereocenters. The molecule has 3 aromatic rings. The van der Waals surface area contributed by atoms with E-state index in [1.54, 1.807) is 12.1 Å². The highest BCUT2D eigenvalue weighted by atomic mass is 35.5. The van der Waals surface area contributed by atoms with E-state index in [2.05, 4.69) is 16.2 Å². The van der Waals surface area contributed by atoms with Gasteiger partial charge in [0.2, 0.25) is 0 Å². The van der Waals surface area contributed by atoms with Crippen molar-refractivity contribution in [3.8, 4) is 0 Å². The fraction of sp³-hybridized carbons (Fsp3) is 0.227. The fourth-order valence-electron chi connectivity index (χ4n) is 3.37. The second kappa shape index (κ2) is 8.92. The van der Waals surface area contributed by atoms with E-state index in [9.17, 15) is 14.4 Å². The highest BCUT2D eigenvalue weighted by Gasteiger charge is 2.26. The second-order valence-electron chi connectivity index (χ2n) is 6.51. The van der Waals surface area contributed by atoms with Gasteiger partial charge in [0.05, 0.1) is 18.3 Å². The van der Waals surface area contributed by atoms with Crippen molar-refractivity contribution in [1.82, 2.24) is 4.57 Å². The number of anilines is 1. The molecule has 0 aliphatic carbocycles. The Morgan fingerprint density at radius 1 is 1.07 bits per heavy atom. The molecule has 1 aromatic heterocycles. The third-order valence-corrected chi connectivity index (χ3v) is 4.93. The van der Waals surface area contributed by atoms with Crippen molar-refractivity contribution in [2.24, 2.45) is 0 Å². The maximum Gasteiger partial charge on any atom is 0.325 e. The van der Waals surface area contributed by atoms with E-state index in [4.69, 9.17) is 11.6 Å². The molecule has 0 saturated heterocycles. The number of benzene rings is 2. The Bertz CT molecular complexity index is 1060. The van der Waals surface area contributed by atoms with E-state index in [1.807, 2.05) is 42.5 Å². The van der Waals surface area contributed by atoms with Crippen LogP contribution >= 0.6 is 11.6 Å². The average molecular weight is 413 g/mol. The van der Waals surface area contributed by atoms with Gasteiger partial charge >= 0.3 is 17.1 Å². The number of aromatic nitrogens is 1. The Hall–Kier alpha value is -3.12. The summed E-state index contributed by atoms with van der Waals surface area (Å²) in [7, 11) is 1.22. The number of hydrogen-bond acceptors (Lipinski definition) is 4. The van der Waals surface area contributed by atoms with Crippen molar-refractivity contribution in [3.05, 3.63) is 65.9 Å². The highest BCUT2D eigenvalue weighted by molar-refractivity contribution is 6.82.